The predicted octanol–water partition coefficient (Wildman–Crippen LogP) is 2.35. The fraction of sp³-hybridized carbons (Fsp3) is 0.500. The minimum Gasteiger partial charge on any atom is -0.384 e. The minimum absolute atomic E-state index is 0.239. The van der Waals surface area contributed by atoms with E-state index in [1.165, 1.54) is 10.4 Å². The Hall–Kier alpha value is -1.17. The molecular formula is C14H21N3OS. The van der Waals surface area contributed by atoms with E-state index >= 15 is 0 Å². The summed E-state index contributed by atoms with van der Waals surface area (Å²) in [6.07, 6.45) is 3.56. The van der Waals surface area contributed by atoms with Crippen molar-refractivity contribution < 1.29 is 5.11 Å². The van der Waals surface area contributed by atoms with E-state index in [1.807, 2.05) is 20.2 Å². The van der Waals surface area contributed by atoms with Gasteiger partial charge in [0.1, 0.15) is 5.60 Å². The molecule has 0 fully saturated rings. The summed E-state index contributed by atoms with van der Waals surface area (Å²) in [6.45, 7) is 6.55. The second kappa shape index (κ2) is 5.45. The number of aromatic nitrogens is 2. The highest BCUT2D eigenvalue weighted by atomic mass is 32.1. The van der Waals surface area contributed by atoms with E-state index in [0.717, 1.165) is 5.56 Å². The molecule has 0 bridgehead atoms. The van der Waals surface area contributed by atoms with Gasteiger partial charge in [0.25, 0.3) is 0 Å². The van der Waals surface area contributed by atoms with Crippen molar-refractivity contribution in [1.82, 2.24) is 15.1 Å². The molecule has 0 radical (unpaired) electrons. The van der Waals surface area contributed by atoms with Crippen molar-refractivity contribution in [3.63, 3.8) is 0 Å². The summed E-state index contributed by atoms with van der Waals surface area (Å²) in [4.78, 5) is 1.32. The number of nitrogens with zero attached hydrogens (tertiary/aromatic N) is 2. The van der Waals surface area contributed by atoms with Gasteiger partial charge in [-0.2, -0.15) is 5.10 Å². The highest BCUT2D eigenvalue weighted by Crippen LogP contribution is 2.25. The molecule has 19 heavy (non-hydrogen) atoms. The highest BCUT2D eigenvalue weighted by molar-refractivity contribution is 7.10. The van der Waals surface area contributed by atoms with Gasteiger partial charge in [-0.25, -0.2) is 0 Å². The van der Waals surface area contributed by atoms with Crippen LogP contribution in [0.3, 0.4) is 0 Å². The van der Waals surface area contributed by atoms with Crippen LogP contribution in [0.4, 0.5) is 0 Å². The summed E-state index contributed by atoms with van der Waals surface area (Å²) in [7, 11) is 1.85. The van der Waals surface area contributed by atoms with Gasteiger partial charge in [0, 0.05) is 36.3 Å². The molecule has 4 nitrogen and oxygen atoms in total. The molecule has 2 rings (SSSR count). The van der Waals surface area contributed by atoms with Crippen molar-refractivity contribution in [2.45, 2.75) is 32.4 Å². The van der Waals surface area contributed by atoms with Crippen LogP contribution in [0.1, 0.15) is 35.9 Å². The average molecular weight is 279 g/mol. The number of hydrogen-bond donors (Lipinski definition) is 2. The summed E-state index contributed by atoms with van der Waals surface area (Å²) in [5.41, 5.74) is 1.22. The SMILES string of the molecule is Cc1ccsc1[C@H](C)NC[C@](C)(O)c1cnn(C)c1. The fourth-order valence-corrected chi connectivity index (χ4v) is 3.03. The van der Waals surface area contributed by atoms with E-state index in [-0.39, 0.29) is 6.04 Å². The third-order valence-electron chi connectivity index (χ3n) is 3.37. The first-order chi connectivity index (χ1) is 8.90. The molecule has 0 aliphatic heterocycles. The second-order valence-electron chi connectivity index (χ2n) is 5.25. The number of rotatable bonds is 5. The molecule has 0 saturated heterocycles. The summed E-state index contributed by atoms with van der Waals surface area (Å²) >= 11 is 1.75. The van der Waals surface area contributed by atoms with Gasteiger partial charge in [0.05, 0.1) is 6.20 Å². The number of hydrogen-bond acceptors (Lipinski definition) is 4. The maximum Gasteiger partial charge on any atom is 0.102 e. The quantitative estimate of drug-likeness (QED) is 0.883. The summed E-state index contributed by atoms with van der Waals surface area (Å²) in [6, 6.07) is 2.36. The Morgan fingerprint density at radius 3 is 2.84 bits per heavy atom. The smallest absolute Gasteiger partial charge is 0.102 e. The van der Waals surface area contributed by atoms with E-state index < -0.39 is 5.60 Å². The first-order valence-corrected chi connectivity index (χ1v) is 7.27. The zero-order valence-electron chi connectivity index (χ0n) is 11.8. The lowest BCUT2D eigenvalue weighted by molar-refractivity contribution is 0.0544. The average Bonchev–Trinajstić information content (AvgIpc) is 2.95. The predicted molar refractivity (Wildman–Crippen MR) is 78.3 cm³/mol. The topological polar surface area (TPSA) is 50.1 Å². The van der Waals surface area contributed by atoms with Gasteiger partial charge in [-0.15, -0.1) is 11.3 Å². The van der Waals surface area contributed by atoms with E-state index in [4.69, 9.17) is 0 Å². The van der Waals surface area contributed by atoms with Crippen LogP contribution in [-0.2, 0) is 12.6 Å². The molecule has 0 spiro atoms. The van der Waals surface area contributed by atoms with Crippen LogP contribution in [0, 0.1) is 6.92 Å². The minimum atomic E-state index is -0.909. The van der Waals surface area contributed by atoms with Crippen LogP contribution < -0.4 is 5.32 Å². The van der Waals surface area contributed by atoms with Crippen molar-refractivity contribution in [3.8, 4) is 0 Å². The third kappa shape index (κ3) is 3.23. The largest absolute Gasteiger partial charge is 0.384 e. The molecule has 2 N–H and O–H groups in total. The Balaban J connectivity index is 2.00. The van der Waals surface area contributed by atoms with E-state index in [9.17, 15) is 5.11 Å². The van der Waals surface area contributed by atoms with Gasteiger partial charge in [0.15, 0.2) is 0 Å². The first-order valence-electron chi connectivity index (χ1n) is 6.39. The standard InChI is InChI=1S/C14H21N3OS/c1-10-5-6-19-13(10)11(2)15-9-14(3,18)12-7-16-17(4)8-12/h5-8,11,15,18H,9H2,1-4H3/t11-,14-/m0/s1. The van der Waals surface area contributed by atoms with Gasteiger partial charge >= 0.3 is 0 Å². The Bertz CT molecular complexity index is 544. The normalized spacial score (nSPS) is 16.3. The monoisotopic (exact) mass is 279 g/mol. The second-order valence-corrected chi connectivity index (χ2v) is 6.19. The lowest BCUT2D eigenvalue weighted by Crippen LogP contribution is -2.36. The molecule has 2 aromatic rings. The Morgan fingerprint density at radius 2 is 2.32 bits per heavy atom. The van der Waals surface area contributed by atoms with Crippen LogP contribution in [0.5, 0.6) is 0 Å². The van der Waals surface area contributed by atoms with E-state index in [0.29, 0.717) is 6.54 Å². The van der Waals surface area contributed by atoms with Crippen molar-refractivity contribution >= 4 is 11.3 Å². The summed E-state index contributed by atoms with van der Waals surface area (Å²) in [5.74, 6) is 0. The third-order valence-corrected chi connectivity index (χ3v) is 4.58. The molecule has 2 aromatic heterocycles. The lowest BCUT2D eigenvalue weighted by atomic mass is 9.99. The van der Waals surface area contributed by atoms with Crippen LogP contribution in [0.2, 0.25) is 0 Å². The molecule has 0 amide bonds. The number of aryl methyl sites for hydroxylation is 2. The fourth-order valence-electron chi connectivity index (χ4n) is 2.07. The molecule has 0 aromatic carbocycles. The van der Waals surface area contributed by atoms with Gasteiger partial charge in [-0.3, -0.25) is 4.68 Å². The van der Waals surface area contributed by atoms with Gasteiger partial charge in [-0.1, -0.05) is 0 Å². The number of nitrogens with one attached hydrogen (secondary N) is 1. The molecule has 0 aliphatic rings. The van der Waals surface area contributed by atoms with E-state index in [1.54, 1.807) is 22.2 Å². The van der Waals surface area contributed by atoms with E-state index in [2.05, 4.69) is 35.7 Å². The van der Waals surface area contributed by atoms with Crippen molar-refractivity contribution in [2.24, 2.45) is 7.05 Å². The van der Waals surface area contributed by atoms with Crippen LogP contribution in [-0.4, -0.2) is 21.4 Å². The van der Waals surface area contributed by atoms with Gasteiger partial charge < -0.3 is 10.4 Å². The first kappa shape index (κ1) is 14.2. The molecule has 2 atom stereocenters. The number of aliphatic hydroxyl groups is 1. The van der Waals surface area contributed by atoms with Crippen LogP contribution in [0.25, 0.3) is 0 Å². The molecule has 0 saturated carbocycles. The zero-order valence-corrected chi connectivity index (χ0v) is 12.7. The number of thiophene rings is 1. The Kier molecular flexibility index (Phi) is 4.08. The van der Waals surface area contributed by atoms with Crippen molar-refractivity contribution in [2.75, 3.05) is 6.54 Å². The molecule has 5 heteroatoms. The summed E-state index contributed by atoms with van der Waals surface area (Å²) in [5, 5.41) is 20.1. The molecular weight excluding hydrogens is 258 g/mol. The Morgan fingerprint density at radius 1 is 1.58 bits per heavy atom. The highest BCUT2D eigenvalue weighted by Gasteiger charge is 2.25. The maximum absolute atomic E-state index is 10.5. The van der Waals surface area contributed by atoms with Crippen LogP contribution in [0.15, 0.2) is 23.8 Å². The van der Waals surface area contributed by atoms with Gasteiger partial charge in [-0.05, 0) is 37.8 Å². The van der Waals surface area contributed by atoms with Crippen molar-refractivity contribution in [3.05, 3.63) is 39.8 Å². The maximum atomic E-state index is 10.5. The summed E-state index contributed by atoms with van der Waals surface area (Å²) < 4.78 is 1.71. The lowest BCUT2D eigenvalue weighted by Gasteiger charge is -2.25. The molecule has 0 aliphatic carbocycles. The van der Waals surface area contributed by atoms with Crippen LogP contribution >= 0.6 is 11.3 Å². The van der Waals surface area contributed by atoms with Crippen molar-refractivity contribution in [1.29, 1.82) is 0 Å². The Labute approximate surface area is 118 Å². The zero-order chi connectivity index (χ0) is 14.0. The molecule has 2 heterocycles. The van der Waals surface area contributed by atoms with Gasteiger partial charge in [0.2, 0.25) is 0 Å². The molecule has 104 valence electrons. The molecule has 0 unspecified atom stereocenters.